The van der Waals surface area contributed by atoms with Crippen molar-refractivity contribution in [2.24, 2.45) is 0 Å². The Hall–Kier alpha value is -2.78. The van der Waals surface area contributed by atoms with Crippen LogP contribution in [0.15, 0.2) is 24.5 Å². The molecule has 182 valence electrons. The number of likely N-dealkylation sites (tertiary alicyclic amines) is 1. The lowest BCUT2D eigenvalue weighted by atomic mass is 9.91. The second-order valence-electron chi connectivity index (χ2n) is 8.90. The van der Waals surface area contributed by atoms with Crippen LogP contribution in [-0.4, -0.2) is 58.5 Å². The topological polar surface area (TPSA) is 85.9 Å². The molecule has 1 saturated heterocycles. The van der Waals surface area contributed by atoms with Crippen LogP contribution in [0.5, 0.6) is 0 Å². The summed E-state index contributed by atoms with van der Waals surface area (Å²) in [6.45, 7) is 2.64. The molecule has 5 rings (SSSR count). The Kier molecular flexibility index (Phi) is 7.95. The maximum absolute atomic E-state index is 14.3. The quantitative estimate of drug-likeness (QED) is 0.450. The minimum absolute atomic E-state index is 0.0155. The number of rotatable bonds is 5. The SMILES string of the molecule is CN1CCCC1.O=CN[C@@H]1CCC[C@H](Nc2nc(-c3c[nH]c4c(F)cc(Cl)cc34)ncc2F)C1. The number of nitrogens with zero attached hydrogens (tertiary/aromatic N) is 3. The van der Waals surface area contributed by atoms with Crippen molar-refractivity contribution in [3.63, 3.8) is 0 Å². The number of carbonyl (C=O) groups excluding carboxylic acids is 1. The number of aromatic nitrogens is 3. The van der Waals surface area contributed by atoms with Crippen molar-refractivity contribution in [3.05, 3.63) is 41.2 Å². The standard InChI is InChI=1S/C19H18ClF2N5O.C5H11N/c20-10-4-13-14(7-23-17(13)15(21)5-10)18-24-8-16(22)19(27-18)26-12-3-1-2-11(6-12)25-9-28;1-6-4-2-3-5-6/h4-5,7-9,11-12,23H,1-3,6H2,(H,25,28)(H,24,26,27);2-5H2,1H3/t11-,12+;/m1./s1. The Labute approximate surface area is 202 Å². The van der Waals surface area contributed by atoms with E-state index in [1.54, 1.807) is 12.3 Å². The summed E-state index contributed by atoms with van der Waals surface area (Å²) in [4.78, 5) is 24.3. The van der Waals surface area contributed by atoms with Gasteiger partial charge in [0.05, 0.1) is 11.7 Å². The van der Waals surface area contributed by atoms with Crippen LogP contribution in [0.25, 0.3) is 22.3 Å². The number of benzene rings is 1. The Balaban J connectivity index is 0.000000398. The summed E-state index contributed by atoms with van der Waals surface area (Å²) < 4.78 is 28.4. The molecule has 2 atom stereocenters. The molecule has 1 amide bonds. The fourth-order valence-corrected chi connectivity index (χ4v) is 4.78. The molecule has 2 fully saturated rings. The summed E-state index contributed by atoms with van der Waals surface area (Å²) in [5.74, 6) is -0.711. The third kappa shape index (κ3) is 5.82. The van der Waals surface area contributed by atoms with Crippen molar-refractivity contribution in [1.29, 1.82) is 0 Å². The molecule has 7 nitrogen and oxygen atoms in total. The Bertz CT molecular complexity index is 1130. The second kappa shape index (κ2) is 11.1. The van der Waals surface area contributed by atoms with Crippen molar-refractivity contribution in [3.8, 4) is 11.4 Å². The molecule has 3 N–H and O–H groups in total. The van der Waals surface area contributed by atoms with Crippen molar-refractivity contribution in [2.45, 2.75) is 50.6 Å². The lowest BCUT2D eigenvalue weighted by Gasteiger charge is -2.29. The van der Waals surface area contributed by atoms with Crippen LogP contribution in [0.1, 0.15) is 38.5 Å². The number of amides is 1. The van der Waals surface area contributed by atoms with Gasteiger partial charge in [-0.2, -0.15) is 0 Å². The van der Waals surface area contributed by atoms with Gasteiger partial charge < -0.3 is 20.5 Å². The van der Waals surface area contributed by atoms with Gasteiger partial charge >= 0.3 is 0 Å². The van der Waals surface area contributed by atoms with Gasteiger partial charge in [0.15, 0.2) is 17.5 Å². The van der Waals surface area contributed by atoms with Gasteiger partial charge in [-0.05, 0) is 70.8 Å². The van der Waals surface area contributed by atoms with E-state index in [1.807, 2.05) is 0 Å². The first kappa shape index (κ1) is 24.3. The average Bonchev–Trinajstić information content (AvgIpc) is 3.46. The van der Waals surface area contributed by atoms with Crippen LogP contribution in [0.3, 0.4) is 0 Å². The number of hydrogen-bond donors (Lipinski definition) is 3. The third-order valence-electron chi connectivity index (χ3n) is 6.34. The summed E-state index contributed by atoms with van der Waals surface area (Å²) in [6, 6.07) is 2.88. The molecule has 1 saturated carbocycles. The predicted molar refractivity (Wildman–Crippen MR) is 130 cm³/mol. The van der Waals surface area contributed by atoms with Crippen LogP contribution in [0.2, 0.25) is 5.02 Å². The molecule has 34 heavy (non-hydrogen) atoms. The highest BCUT2D eigenvalue weighted by Gasteiger charge is 2.23. The summed E-state index contributed by atoms with van der Waals surface area (Å²) in [5, 5.41) is 6.67. The molecule has 0 spiro atoms. The maximum Gasteiger partial charge on any atom is 0.207 e. The number of aromatic amines is 1. The molecule has 1 aromatic carbocycles. The van der Waals surface area contributed by atoms with Gasteiger partial charge in [-0.3, -0.25) is 4.79 Å². The van der Waals surface area contributed by atoms with Crippen molar-refractivity contribution in [1.82, 2.24) is 25.2 Å². The van der Waals surface area contributed by atoms with Gasteiger partial charge in [0, 0.05) is 34.3 Å². The largest absolute Gasteiger partial charge is 0.365 e. The van der Waals surface area contributed by atoms with E-state index in [2.05, 4.69) is 37.5 Å². The van der Waals surface area contributed by atoms with Crippen molar-refractivity contribution >= 4 is 34.7 Å². The van der Waals surface area contributed by atoms with E-state index in [0.717, 1.165) is 25.5 Å². The number of halogens is 3. The molecule has 1 aliphatic heterocycles. The summed E-state index contributed by atoms with van der Waals surface area (Å²) in [7, 11) is 2.17. The molecule has 2 aromatic heterocycles. The fraction of sp³-hybridized carbons (Fsp3) is 0.458. The smallest absolute Gasteiger partial charge is 0.207 e. The summed E-state index contributed by atoms with van der Waals surface area (Å²) in [6.07, 6.45) is 9.54. The zero-order valence-corrected chi connectivity index (χ0v) is 19.8. The Morgan fingerprint density at radius 1 is 1.15 bits per heavy atom. The first-order chi connectivity index (χ1) is 16.4. The van der Waals surface area contributed by atoms with Crippen LogP contribution >= 0.6 is 11.6 Å². The Morgan fingerprint density at radius 2 is 1.91 bits per heavy atom. The molecule has 1 aliphatic carbocycles. The molecule has 0 bridgehead atoms. The third-order valence-corrected chi connectivity index (χ3v) is 6.56. The molecule has 0 radical (unpaired) electrons. The summed E-state index contributed by atoms with van der Waals surface area (Å²) in [5.41, 5.74) is 0.820. The van der Waals surface area contributed by atoms with E-state index >= 15 is 0 Å². The number of anilines is 1. The van der Waals surface area contributed by atoms with E-state index < -0.39 is 11.6 Å². The first-order valence-corrected chi connectivity index (χ1v) is 12.0. The van der Waals surface area contributed by atoms with Gasteiger partial charge in [0.25, 0.3) is 0 Å². The number of carbonyl (C=O) groups is 1. The van der Waals surface area contributed by atoms with E-state index in [0.29, 0.717) is 23.8 Å². The van der Waals surface area contributed by atoms with Gasteiger partial charge in [-0.15, -0.1) is 0 Å². The highest BCUT2D eigenvalue weighted by Crippen LogP contribution is 2.31. The zero-order chi connectivity index (χ0) is 24.1. The average molecular weight is 491 g/mol. The minimum Gasteiger partial charge on any atom is -0.365 e. The van der Waals surface area contributed by atoms with Gasteiger partial charge in [0.2, 0.25) is 6.41 Å². The van der Waals surface area contributed by atoms with E-state index in [-0.39, 0.29) is 34.3 Å². The highest BCUT2D eigenvalue weighted by atomic mass is 35.5. The molecule has 3 heterocycles. The Morgan fingerprint density at radius 3 is 2.62 bits per heavy atom. The normalized spacial score (nSPS) is 20.6. The second-order valence-corrected chi connectivity index (χ2v) is 9.34. The molecule has 0 unspecified atom stereocenters. The van der Waals surface area contributed by atoms with E-state index in [1.165, 1.54) is 32.0 Å². The predicted octanol–water partition coefficient (Wildman–Crippen LogP) is 4.74. The van der Waals surface area contributed by atoms with Gasteiger partial charge in [0.1, 0.15) is 5.82 Å². The van der Waals surface area contributed by atoms with Gasteiger partial charge in [-0.1, -0.05) is 11.6 Å². The van der Waals surface area contributed by atoms with E-state index in [4.69, 9.17) is 11.6 Å². The van der Waals surface area contributed by atoms with Crippen LogP contribution in [-0.2, 0) is 4.79 Å². The first-order valence-electron chi connectivity index (χ1n) is 11.6. The number of hydrogen-bond acceptors (Lipinski definition) is 5. The monoisotopic (exact) mass is 490 g/mol. The number of H-pyrrole nitrogens is 1. The van der Waals surface area contributed by atoms with Gasteiger partial charge in [-0.25, -0.2) is 18.7 Å². The van der Waals surface area contributed by atoms with Crippen LogP contribution < -0.4 is 10.6 Å². The van der Waals surface area contributed by atoms with Crippen LogP contribution in [0, 0.1) is 11.6 Å². The lowest BCUT2D eigenvalue weighted by molar-refractivity contribution is -0.110. The zero-order valence-electron chi connectivity index (χ0n) is 19.1. The fourth-order valence-electron chi connectivity index (χ4n) is 4.58. The van der Waals surface area contributed by atoms with Crippen molar-refractivity contribution < 1.29 is 13.6 Å². The number of nitrogens with one attached hydrogen (secondary N) is 3. The molecule has 3 aromatic rings. The lowest BCUT2D eigenvalue weighted by Crippen LogP contribution is -2.38. The molecule has 10 heteroatoms. The number of fused-ring (bicyclic) bond motifs is 1. The minimum atomic E-state index is -0.571. The van der Waals surface area contributed by atoms with Crippen molar-refractivity contribution in [2.75, 3.05) is 25.5 Å². The van der Waals surface area contributed by atoms with Crippen LogP contribution in [0.4, 0.5) is 14.6 Å². The highest BCUT2D eigenvalue weighted by molar-refractivity contribution is 6.31. The molecule has 2 aliphatic rings. The molecular formula is C24H29ClF2N6O. The maximum atomic E-state index is 14.3. The summed E-state index contributed by atoms with van der Waals surface area (Å²) >= 11 is 5.97. The molecular weight excluding hydrogens is 462 g/mol. The van der Waals surface area contributed by atoms with E-state index in [9.17, 15) is 13.6 Å².